The fourth-order valence-electron chi connectivity index (χ4n) is 2.45. The molecule has 21 heavy (non-hydrogen) atoms. The second kappa shape index (κ2) is 5.46. The summed E-state index contributed by atoms with van der Waals surface area (Å²) in [5, 5.41) is 5.27. The lowest BCUT2D eigenvalue weighted by Gasteiger charge is -2.12. The normalized spacial score (nSPS) is 14.7. The van der Waals surface area contributed by atoms with Gasteiger partial charge in [0.2, 0.25) is 0 Å². The number of rotatable bonds is 4. The molecule has 1 aliphatic rings. The first-order valence-electron chi connectivity index (χ1n) is 6.98. The second-order valence-corrected chi connectivity index (χ2v) is 6.09. The van der Waals surface area contributed by atoms with Crippen molar-refractivity contribution < 1.29 is 0 Å². The highest BCUT2D eigenvalue weighted by Crippen LogP contribution is 2.39. The van der Waals surface area contributed by atoms with Gasteiger partial charge >= 0.3 is 0 Å². The second-order valence-electron chi connectivity index (χ2n) is 5.32. The molecule has 0 aromatic carbocycles. The number of aromatic nitrogens is 4. The summed E-state index contributed by atoms with van der Waals surface area (Å²) in [6.45, 7) is 2.38. The molecule has 112 valence electrons. The number of hydrogen-bond acceptors (Lipinski definition) is 3. The van der Waals surface area contributed by atoms with Crippen molar-refractivity contribution in [3.63, 3.8) is 0 Å². The third-order valence-corrected chi connectivity index (χ3v) is 4.39. The Morgan fingerprint density at radius 3 is 2.67 bits per heavy atom. The van der Waals surface area contributed by atoms with Crippen LogP contribution in [0.15, 0.2) is 10.9 Å². The molecule has 0 saturated heterocycles. The molecule has 2 heterocycles. The number of nitrogens with zero attached hydrogens (tertiary/aromatic N) is 4. The topological polar surface area (TPSA) is 52.7 Å². The minimum absolute atomic E-state index is 0.146. The molecule has 0 spiro atoms. The van der Waals surface area contributed by atoms with Crippen molar-refractivity contribution >= 4 is 23.2 Å². The average molecular weight is 327 g/mol. The molecule has 5 nitrogen and oxygen atoms in total. The van der Waals surface area contributed by atoms with Gasteiger partial charge in [-0.25, -0.2) is 4.98 Å². The van der Waals surface area contributed by atoms with Crippen LogP contribution in [-0.2, 0) is 20.0 Å². The Labute approximate surface area is 132 Å². The molecule has 1 saturated carbocycles. The summed E-state index contributed by atoms with van der Waals surface area (Å²) < 4.78 is 3.39. The van der Waals surface area contributed by atoms with Crippen LogP contribution in [0, 0.1) is 0 Å². The Bertz CT molecular complexity index is 746. The quantitative estimate of drug-likeness (QED) is 0.812. The SMILES string of the molecule is CCc1nn(C)c(Cn2c(C3CC3)nc(Cl)cc2=O)c1Cl. The molecule has 0 unspecified atom stereocenters. The van der Waals surface area contributed by atoms with Crippen LogP contribution in [0.3, 0.4) is 0 Å². The van der Waals surface area contributed by atoms with Crippen molar-refractivity contribution in [3.8, 4) is 0 Å². The van der Waals surface area contributed by atoms with Crippen molar-refractivity contribution in [3.05, 3.63) is 43.8 Å². The summed E-state index contributed by atoms with van der Waals surface area (Å²) in [5.41, 5.74) is 1.52. The van der Waals surface area contributed by atoms with Gasteiger partial charge in [0.05, 0.1) is 23.0 Å². The Morgan fingerprint density at radius 1 is 1.38 bits per heavy atom. The Morgan fingerprint density at radius 2 is 2.10 bits per heavy atom. The lowest BCUT2D eigenvalue weighted by atomic mass is 10.3. The van der Waals surface area contributed by atoms with Crippen molar-refractivity contribution in [1.29, 1.82) is 0 Å². The molecule has 0 N–H and O–H groups in total. The van der Waals surface area contributed by atoms with Gasteiger partial charge in [0.15, 0.2) is 0 Å². The Balaban J connectivity index is 2.06. The van der Waals surface area contributed by atoms with Crippen LogP contribution in [0.1, 0.15) is 42.9 Å². The molecule has 0 aliphatic heterocycles. The van der Waals surface area contributed by atoms with Gasteiger partial charge in [-0.15, -0.1) is 0 Å². The minimum atomic E-state index is -0.146. The number of aryl methyl sites for hydroxylation is 2. The maximum absolute atomic E-state index is 12.3. The highest BCUT2D eigenvalue weighted by atomic mass is 35.5. The number of hydrogen-bond donors (Lipinski definition) is 0. The molecule has 0 amide bonds. The van der Waals surface area contributed by atoms with E-state index in [4.69, 9.17) is 23.2 Å². The summed E-state index contributed by atoms with van der Waals surface area (Å²) in [6, 6.07) is 1.35. The van der Waals surface area contributed by atoms with Crippen LogP contribution in [-0.4, -0.2) is 19.3 Å². The predicted octanol–water partition coefficient (Wildman–Crippen LogP) is 2.77. The third kappa shape index (κ3) is 2.72. The fraction of sp³-hybridized carbons (Fsp3) is 0.500. The third-order valence-electron chi connectivity index (χ3n) is 3.76. The van der Waals surface area contributed by atoms with Gasteiger partial charge in [-0.3, -0.25) is 14.0 Å². The minimum Gasteiger partial charge on any atom is -0.290 e. The molecule has 0 bridgehead atoms. The summed E-state index contributed by atoms with van der Waals surface area (Å²) >= 11 is 12.3. The molecule has 1 fully saturated rings. The predicted molar refractivity (Wildman–Crippen MR) is 82.2 cm³/mol. The Kier molecular flexibility index (Phi) is 3.80. The first-order valence-corrected chi connectivity index (χ1v) is 7.74. The zero-order valence-corrected chi connectivity index (χ0v) is 13.4. The van der Waals surface area contributed by atoms with Crippen molar-refractivity contribution in [2.24, 2.45) is 7.05 Å². The number of halogens is 2. The largest absolute Gasteiger partial charge is 0.290 e. The highest BCUT2D eigenvalue weighted by Gasteiger charge is 2.29. The smallest absolute Gasteiger partial charge is 0.255 e. The molecule has 2 aromatic heterocycles. The van der Waals surface area contributed by atoms with E-state index in [-0.39, 0.29) is 10.7 Å². The van der Waals surface area contributed by atoms with E-state index in [9.17, 15) is 4.79 Å². The van der Waals surface area contributed by atoms with E-state index in [0.717, 1.165) is 36.5 Å². The maximum atomic E-state index is 12.3. The summed E-state index contributed by atoms with van der Waals surface area (Å²) in [7, 11) is 1.84. The maximum Gasteiger partial charge on any atom is 0.255 e. The van der Waals surface area contributed by atoms with E-state index >= 15 is 0 Å². The van der Waals surface area contributed by atoms with Crippen LogP contribution in [0.4, 0.5) is 0 Å². The van der Waals surface area contributed by atoms with E-state index < -0.39 is 0 Å². The molecular weight excluding hydrogens is 311 g/mol. The van der Waals surface area contributed by atoms with Gasteiger partial charge in [0.25, 0.3) is 5.56 Å². The van der Waals surface area contributed by atoms with Crippen molar-refractivity contribution in [1.82, 2.24) is 19.3 Å². The zero-order chi connectivity index (χ0) is 15.1. The van der Waals surface area contributed by atoms with E-state index in [1.165, 1.54) is 6.07 Å². The summed E-state index contributed by atoms with van der Waals surface area (Å²) in [4.78, 5) is 16.6. The first kappa shape index (κ1) is 14.6. The van der Waals surface area contributed by atoms with Crippen molar-refractivity contribution in [2.45, 2.75) is 38.6 Å². The molecule has 0 atom stereocenters. The van der Waals surface area contributed by atoms with Gasteiger partial charge in [-0.1, -0.05) is 30.1 Å². The monoisotopic (exact) mass is 326 g/mol. The van der Waals surface area contributed by atoms with E-state index in [2.05, 4.69) is 10.1 Å². The molecule has 7 heteroatoms. The lowest BCUT2D eigenvalue weighted by molar-refractivity contribution is 0.614. The van der Waals surface area contributed by atoms with Gasteiger partial charge in [-0.2, -0.15) is 5.10 Å². The van der Waals surface area contributed by atoms with E-state index in [1.807, 2.05) is 14.0 Å². The van der Waals surface area contributed by atoms with Gasteiger partial charge in [-0.05, 0) is 19.3 Å². The standard InChI is InChI=1S/C14H16Cl2N4O/c1-3-9-13(16)10(19(2)18-9)7-20-12(21)6-11(15)17-14(20)8-4-5-8/h6,8H,3-5,7H2,1-2H3. The van der Waals surface area contributed by atoms with Crippen LogP contribution >= 0.6 is 23.2 Å². The molecule has 2 aromatic rings. The van der Waals surface area contributed by atoms with Gasteiger partial charge in [0.1, 0.15) is 11.0 Å². The van der Waals surface area contributed by atoms with Crippen LogP contribution in [0.5, 0.6) is 0 Å². The van der Waals surface area contributed by atoms with Crippen LogP contribution in [0.2, 0.25) is 10.2 Å². The molecule has 1 aliphatic carbocycles. The van der Waals surface area contributed by atoms with E-state index in [0.29, 0.717) is 17.5 Å². The van der Waals surface area contributed by atoms with Crippen LogP contribution in [0.25, 0.3) is 0 Å². The summed E-state index contributed by atoms with van der Waals surface area (Å²) in [6.07, 6.45) is 2.86. The first-order chi connectivity index (χ1) is 10.0. The summed E-state index contributed by atoms with van der Waals surface area (Å²) in [5.74, 6) is 1.08. The van der Waals surface area contributed by atoms with Crippen molar-refractivity contribution in [2.75, 3.05) is 0 Å². The zero-order valence-electron chi connectivity index (χ0n) is 11.9. The van der Waals surface area contributed by atoms with Gasteiger partial charge in [0, 0.05) is 19.0 Å². The highest BCUT2D eigenvalue weighted by molar-refractivity contribution is 6.31. The van der Waals surface area contributed by atoms with E-state index in [1.54, 1.807) is 9.25 Å². The van der Waals surface area contributed by atoms with Crippen LogP contribution < -0.4 is 5.56 Å². The van der Waals surface area contributed by atoms with Gasteiger partial charge < -0.3 is 0 Å². The molecular formula is C14H16Cl2N4O. The Hall–Kier alpha value is -1.33. The average Bonchev–Trinajstić information content (AvgIpc) is 3.23. The lowest BCUT2D eigenvalue weighted by Crippen LogP contribution is -2.25. The molecule has 0 radical (unpaired) electrons. The fourth-order valence-corrected chi connectivity index (χ4v) is 2.98. The molecule has 3 rings (SSSR count).